The number of hydrogen-bond donors (Lipinski definition) is 2. The molecule has 1 aromatic carbocycles. The number of halogens is 1. The van der Waals surface area contributed by atoms with Crippen molar-refractivity contribution in [3.63, 3.8) is 0 Å². The smallest absolute Gasteiger partial charge is 0.240 e. The number of allylic oxidation sites excluding steroid dienone is 2. The molecule has 0 spiro atoms. The molecule has 1 aliphatic heterocycles. The highest BCUT2D eigenvalue weighted by atomic mass is 35.5. The zero-order valence-corrected chi connectivity index (χ0v) is 19.0. The van der Waals surface area contributed by atoms with Crippen molar-refractivity contribution in [3.05, 3.63) is 34.9 Å². The van der Waals surface area contributed by atoms with E-state index >= 15 is 0 Å². The van der Waals surface area contributed by atoms with Gasteiger partial charge in [-0.15, -0.1) is 5.10 Å². The number of nitrogens with zero attached hydrogens (tertiary/aromatic N) is 2. The van der Waals surface area contributed by atoms with Crippen LogP contribution >= 0.6 is 23.4 Å². The molecule has 0 radical (unpaired) electrons. The van der Waals surface area contributed by atoms with Crippen molar-refractivity contribution < 1.29 is 14.3 Å². The summed E-state index contributed by atoms with van der Waals surface area (Å²) < 4.78 is 5.22. The Balaban J connectivity index is 1.63. The monoisotopic (exact) mass is 448 g/mol. The molecule has 0 aromatic heterocycles. The van der Waals surface area contributed by atoms with Gasteiger partial charge in [0, 0.05) is 11.4 Å². The van der Waals surface area contributed by atoms with Gasteiger partial charge in [0.15, 0.2) is 5.17 Å². The van der Waals surface area contributed by atoms with E-state index in [1.807, 2.05) is 6.08 Å². The number of anilines is 1. The Labute approximate surface area is 185 Å². The molecule has 1 atom stereocenters. The maximum atomic E-state index is 12.4. The largest absolute Gasteiger partial charge is 0.495 e. The lowest BCUT2D eigenvalue weighted by Gasteiger charge is -2.28. The first-order valence-electron chi connectivity index (χ1n) is 9.58. The zero-order valence-electron chi connectivity index (χ0n) is 17.4. The Morgan fingerprint density at radius 1 is 1.37 bits per heavy atom. The fourth-order valence-electron chi connectivity index (χ4n) is 3.60. The van der Waals surface area contributed by atoms with Crippen molar-refractivity contribution in [2.75, 3.05) is 12.4 Å². The first-order chi connectivity index (χ1) is 14.1. The molecule has 160 valence electrons. The molecule has 0 saturated carbocycles. The lowest BCUT2D eigenvalue weighted by molar-refractivity contribution is -0.122. The predicted molar refractivity (Wildman–Crippen MR) is 122 cm³/mol. The number of hydrogen-bond acceptors (Lipinski definition) is 6. The number of methoxy groups -OCH3 is 1. The number of amides is 2. The molecule has 1 saturated heterocycles. The number of nitrogens with one attached hydrogen (secondary N) is 2. The van der Waals surface area contributed by atoms with E-state index in [0.29, 0.717) is 21.6 Å². The number of benzene rings is 1. The third-order valence-corrected chi connectivity index (χ3v) is 5.99. The lowest BCUT2D eigenvalue weighted by atomic mass is 9.77. The van der Waals surface area contributed by atoms with E-state index in [1.54, 1.807) is 18.2 Å². The summed E-state index contributed by atoms with van der Waals surface area (Å²) >= 11 is 7.19. The highest BCUT2D eigenvalue weighted by molar-refractivity contribution is 8.15. The van der Waals surface area contributed by atoms with Gasteiger partial charge in [0.2, 0.25) is 11.8 Å². The topological polar surface area (TPSA) is 92.2 Å². The van der Waals surface area contributed by atoms with Crippen LogP contribution in [0.15, 0.2) is 40.1 Å². The number of thioether (sulfide) groups is 1. The summed E-state index contributed by atoms with van der Waals surface area (Å²) in [6, 6.07) is 4.94. The van der Waals surface area contributed by atoms with Gasteiger partial charge in [0.25, 0.3) is 0 Å². The molecule has 1 heterocycles. The van der Waals surface area contributed by atoms with Crippen LogP contribution in [0.2, 0.25) is 5.02 Å². The minimum absolute atomic E-state index is 0.00615. The Bertz CT molecular complexity index is 956. The lowest BCUT2D eigenvalue weighted by Crippen LogP contribution is -2.28. The number of rotatable bonds is 5. The average molecular weight is 449 g/mol. The maximum absolute atomic E-state index is 12.4. The van der Waals surface area contributed by atoms with Crippen molar-refractivity contribution >= 4 is 51.7 Å². The van der Waals surface area contributed by atoms with Crippen LogP contribution in [0.3, 0.4) is 0 Å². The molecule has 1 fully saturated rings. The number of carbonyl (C=O) groups is 2. The number of amidine groups is 1. The normalized spacial score (nSPS) is 23.3. The fraction of sp³-hybridized carbons (Fsp3) is 0.429. The molecule has 2 N–H and O–H groups in total. The van der Waals surface area contributed by atoms with Crippen molar-refractivity contribution in [1.82, 2.24) is 5.32 Å². The summed E-state index contributed by atoms with van der Waals surface area (Å²) in [6.07, 6.45) is 3.89. The molecule has 9 heteroatoms. The van der Waals surface area contributed by atoms with Crippen molar-refractivity contribution in [1.29, 1.82) is 0 Å². The van der Waals surface area contributed by atoms with Gasteiger partial charge in [-0.1, -0.05) is 42.8 Å². The molecule has 0 unspecified atom stereocenters. The summed E-state index contributed by atoms with van der Waals surface area (Å²) in [5.74, 6) is -0.0840. The molecule has 0 bridgehead atoms. The van der Waals surface area contributed by atoms with Crippen LogP contribution in [0.25, 0.3) is 0 Å². The van der Waals surface area contributed by atoms with Gasteiger partial charge in [0.1, 0.15) is 11.0 Å². The van der Waals surface area contributed by atoms with E-state index in [9.17, 15) is 9.59 Å². The van der Waals surface area contributed by atoms with E-state index < -0.39 is 5.25 Å². The Morgan fingerprint density at radius 2 is 2.13 bits per heavy atom. The first kappa shape index (κ1) is 22.4. The standard InChI is InChI=1S/C21H25ClN4O3S/c1-12-7-14(11-21(2,3)10-12)25-26-20-24-19(28)17(30-20)9-18(27)23-15-8-13(22)5-6-16(15)29-4/h5-8,17H,9-11H2,1-4H3,(H,23,27)(H,24,26,28)/t17-/m0/s1. The number of ether oxygens (including phenoxy) is 1. The van der Waals surface area contributed by atoms with Crippen LogP contribution in [-0.2, 0) is 9.59 Å². The van der Waals surface area contributed by atoms with Crippen LogP contribution in [-0.4, -0.2) is 35.1 Å². The summed E-state index contributed by atoms with van der Waals surface area (Å²) in [7, 11) is 1.51. The van der Waals surface area contributed by atoms with Crippen LogP contribution in [0, 0.1) is 5.41 Å². The summed E-state index contributed by atoms with van der Waals surface area (Å²) in [5.41, 5.74) is 2.76. The highest BCUT2D eigenvalue weighted by Gasteiger charge is 2.32. The zero-order chi connectivity index (χ0) is 21.9. The average Bonchev–Trinajstić information content (AvgIpc) is 2.98. The second-order valence-corrected chi connectivity index (χ2v) is 9.83. The minimum Gasteiger partial charge on any atom is -0.495 e. The molecular formula is C21H25ClN4O3S. The molecule has 30 heavy (non-hydrogen) atoms. The van der Waals surface area contributed by atoms with E-state index in [-0.39, 0.29) is 23.7 Å². The minimum atomic E-state index is -0.575. The fourth-order valence-corrected chi connectivity index (χ4v) is 4.69. The van der Waals surface area contributed by atoms with Crippen LogP contribution in [0.4, 0.5) is 5.69 Å². The van der Waals surface area contributed by atoms with Gasteiger partial charge in [-0.2, -0.15) is 5.10 Å². The van der Waals surface area contributed by atoms with E-state index in [0.717, 1.165) is 18.6 Å². The molecule has 7 nitrogen and oxygen atoms in total. The molecule has 2 amide bonds. The van der Waals surface area contributed by atoms with E-state index in [4.69, 9.17) is 16.3 Å². The quantitative estimate of drug-likeness (QED) is 0.653. The predicted octanol–water partition coefficient (Wildman–Crippen LogP) is 4.39. The Hall–Kier alpha value is -2.32. The van der Waals surface area contributed by atoms with Crippen LogP contribution in [0.5, 0.6) is 5.75 Å². The SMILES string of the molecule is COc1ccc(Cl)cc1NC(=O)C[C@@H]1SC(=NN=C2C=C(C)CC(C)(C)C2)NC1=O. The molecule has 1 aliphatic carbocycles. The van der Waals surface area contributed by atoms with E-state index in [2.05, 4.69) is 41.6 Å². The molecular weight excluding hydrogens is 424 g/mol. The second-order valence-electron chi connectivity index (χ2n) is 8.20. The number of carbonyl (C=O) groups excluding carboxylic acids is 2. The third-order valence-electron chi connectivity index (χ3n) is 4.68. The molecule has 1 aromatic rings. The van der Waals surface area contributed by atoms with Gasteiger partial charge in [-0.05, 0) is 49.5 Å². The van der Waals surface area contributed by atoms with Gasteiger partial charge >= 0.3 is 0 Å². The second kappa shape index (κ2) is 9.22. The Kier molecular flexibility index (Phi) is 6.88. The van der Waals surface area contributed by atoms with Crippen LogP contribution in [0.1, 0.15) is 40.0 Å². The van der Waals surface area contributed by atoms with Gasteiger partial charge in [-0.3, -0.25) is 9.59 Å². The van der Waals surface area contributed by atoms with Gasteiger partial charge in [-0.25, -0.2) is 0 Å². The van der Waals surface area contributed by atoms with Crippen molar-refractivity contribution in [2.45, 2.75) is 45.3 Å². The maximum Gasteiger partial charge on any atom is 0.240 e. The molecule has 2 aliphatic rings. The highest BCUT2D eigenvalue weighted by Crippen LogP contribution is 2.34. The third kappa shape index (κ3) is 5.86. The molecule has 3 rings (SSSR count). The van der Waals surface area contributed by atoms with Crippen molar-refractivity contribution in [2.24, 2.45) is 15.6 Å². The van der Waals surface area contributed by atoms with Gasteiger partial charge < -0.3 is 15.4 Å². The Morgan fingerprint density at radius 3 is 2.83 bits per heavy atom. The summed E-state index contributed by atoms with van der Waals surface area (Å²) in [6.45, 7) is 6.48. The van der Waals surface area contributed by atoms with Crippen molar-refractivity contribution in [3.8, 4) is 5.75 Å². The van der Waals surface area contributed by atoms with Gasteiger partial charge in [0.05, 0.1) is 18.5 Å². The summed E-state index contributed by atoms with van der Waals surface area (Å²) in [4.78, 5) is 24.7. The van der Waals surface area contributed by atoms with E-state index in [1.165, 1.54) is 24.4 Å². The first-order valence-corrected chi connectivity index (χ1v) is 10.8. The van der Waals surface area contributed by atoms with Crippen LogP contribution < -0.4 is 15.4 Å². The summed E-state index contributed by atoms with van der Waals surface area (Å²) in [5, 5.41) is 14.3.